The Balaban J connectivity index is 1.65. The number of unbranched alkanes of at least 4 members (excludes halogenated alkanes) is 1. The highest BCUT2D eigenvalue weighted by molar-refractivity contribution is 7.89. The van der Waals surface area contributed by atoms with Crippen LogP contribution in [-0.4, -0.2) is 55.6 Å². The Labute approximate surface area is 253 Å². The van der Waals surface area contributed by atoms with Crippen molar-refractivity contribution in [2.75, 3.05) is 20.1 Å². The van der Waals surface area contributed by atoms with E-state index in [9.17, 15) is 18.0 Å². The molecule has 0 aliphatic carbocycles. The average molecular weight is 606 g/mol. The Morgan fingerprint density at radius 2 is 1.52 bits per heavy atom. The minimum atomic E-state index is -3.99. The number of halogens is 1. The molecule has 0 heterocycles. The molecule has 4 aromatic carbocycles. The van der Waals surface area contributed by atoms with E-state index in [0.717, 1.165) is 39.0 Å². The number of hydrogen-bond acceptors (Lipinski definition) is 4. The van der Waals surface area contributed by atoms with Gasteiger partial charge >= 0.3 is 0 Å². The van der Waals surface area contributed by atoms with Crippen LogP contribution in [0.25, 0.3) is 10.8 Å². The number of benzene rings is 4. The van der Waals surface area contributed by atoms with Gasteiger partial charge in [-0.05, 0) is 52.6 Å². The molecule has 0 spiro atoms. The number of rotatable bonds is 13. The van der Waals surface area contributed by atoms with Crippen LogP contribution in [0.5, 0.6) is 0 Å². The van der Waals surface area contributed by atoms with E-state index < -0.39 is 28.5 Å². The average Bonchev–Trinajstić information content (AvgIpc) is 3.00. The van der Waals surface area contributed by atoms with E-state index in [0.29, 0.717) is 11.6 Å². The van der Waals surface area contributed by atoms with Gasteiger partial charge < -0.3 is 10.2 Å². The highest BCUT2D eigenvalue weighted by atomic mass is 35.5. The fraction of sp³-hybridized carbons (Fsp3) is 0.273. The summed E-state index contributed by atoms with van der Waals surface area (Å²) in [5, 5.41) is 5.23. The molecule has 0 aliphatic rings. The second-order valence-corrected chi connectivity index (χ2v) is 12.7. The molecule has 1 N–H and O–H groups in total. The zero-order chi connectivity index (χ0) is 30.1. The van der Waals surface area contributed by atoms with Gasteiger partial charge in [0.05, 0.1) is 11.4 Å². The first-order valence-corrected chi connectivity index (χ1v) is 15.8. The number of likely N-dealkylation sites (N-methyl/N-ethyl adjacent to an activating group) is 1. The lowest BCUT2D eigenvalue weighted by Crippen LogP contribution is -2.53. The first kappa shape index (κ1) is 31.2. The molecule has 0 radical (unpaired) electrons. The molecule has 7 nitrogen and oxygen atoms in total. The van der Waals surface area contributed by atoms with Gasteiger partial charge in [0.25, 0.3) is 0 Å². The number of nitrogens with zero attached hydrogens (tertiary/aromatic N) is 2. The monoisotopic (exact) mass is 605 g/mol. The van der Waals surface area contributed by atoms with Crippen molar-refractivity contribution in [3.63, 3.8) is 0 Å². The van der Waals surface area contributed by atoms with Crippen molar-refractivity contribution in [3.8, 4) is 0 Å². The minimum absolute atomic E-state index is 0.0962. The first-order chi connectivity index (χ1) is 20.2. The van der Waals surface area contributed by atoms with Crippen LogP contribution in [0.1, 0.15) is 30.9 Å². The van der Waals surface area contributed by atoms with Crippen LogP contribution in [0, 0.1) is 0 Å². The second kappa shape index (κ2) is 14.4. The van der Waals surface area contributed by atoms with E-state index in [1.807, 2.05) is 61.5 Å². The molecule has 0 fully saturated rings. The molecule has 0 aliphatic heterocycles. The molecule has 42 heavy (non-hydrogen) atoms. The first-order valence-electron chi connectivity index (χ1n) is 14.0. The van der Waals surface area contributed by atoms with Gasteiger partial charge in [0, 0.05) is 31.6 Å². The van der Waals surface area contributed by atoms with Crippen molar-refractivity contribution in [1.29, 1.82) is 0 Å². The molecule has 0 saturated carbocycles. The van der Waals surface area contributed by atoms with E-state index in [1.54, 1.807) is 42.5 Å². The van der Waals surface area contributed by atoms with Crippen molar-refractivity contribution in [2.45, 2.75) is 43.7 Å². The Morgan fingerprint density at radius 1 is 0.857 bits per heavy atom. The highest BCUT2D eigenvalue weighted by Gasteiger charge is 2.33. The number of carbonyl (C=O) groups is 2. The summed E-state index contributed by atoms with van der Waals surface area (Å²) in [6.07, 6.45) is 2.00. The van der Waals surface area contributed by atoms with Gasteiger partial charge in [-0.2, -0.15) is 4.31 Å². The number of fused-ring (bicyclic) bond motifs is 1. The predicted octanol–water partition coefficient (Wildman–Crippen LogP) is 5.67. The maximum absolute atomic E-state index is 14.0. The molecule has 9 heteroatoms. The summed E-state index contributed by atoms with van der Waals surface area (Å²) < 4.78 is 28.2. The summed E-state index contributed by atoms with van der Waals surface area (Å²) in [7, 11) is -2.61. The van der Waals surface area contributed by atoms with Crippen LogP contribution < -0.4 is 5.32 Å². The van der Waals surface area contributed by atoms with Crippen LogP contribution in [0.3, 0.4) is 0 Å². The molecular formula is C33H36ClN3O4S. The molecule has 1 unspecified atom stereocenters. The molecule has 0 aromatic heterocycles. The summed E-state index contributed by atoms with van der Waals surface area (Å²) in [6.45, 7) is 2.20. The normalized spacial score (nSPS) is 12.3. The van der Waals surface area contributed by atoms with Crippen molar-refractivity contribution >= 4 is 44.2 Å². The third-order valence-corrected chi connectivity index (χ3v) is 9.21. The molecule has 4 rings (SSSR count). The summed E-state index contributed by atoms with van der Waals surface area (Å²) in [5.41, 5.74) is 1.66. The lowest BCUT2D eigenvalue weighted by Gasteiger charge is -2.32. The van der Waals surface area contributed by atoms with E-state index in [4.69, 9.17) is 11.6 Å². The third-order valence-electron chi connectivity index (χ3n) is 7.15. The van der Waals surface area contributed by atoms with Crippen molar-refractivity contribution in [2.24, 2.45) is 0 Å². The van der Waals surface area contributed by atoms with Crippen molar-refractivity contribution in [1.82, 2.24) is 14.5 Å². The quantitative estimate of drug-likeness (QED) is 0.199. The Morgan fingerprint density at radius 3 is 2.21 bits per heavy atom. The molecule has 220 valence electrons. The van der Waals surface area contributed by atoms with Crippen LogP contribution in [0.2, 0.25) is 5.02 Å². The molecule has 2 amide bonds. The van der Waals surface area contributed by atoms with Crippen molar-refractivity contribution < 1.29 is 18.0 Å². The third kappa shape index (κ3) is 7.97. The molecule has 1 atom stereocenters. The van der Waals surface area contributed by atoms with Gasteiger partial charge in [-0.1, -0.05) is 97.7 Å². The maximum Gasteiger partial charge on any atom is 0.243 e. The Hall–Kier alpha value is -3.72. The van der Waals surface area contributed by atoms with Crippen molar-refractivity contribution in [3.05, 3.63) is 113 Å². The predicted molar refractivity (Wildman–Crippen MR) is 168 cm³/mol. The largest absolute Gasteiger partial charge is 0.354 e. The standard InChI is InChI=1S/C33H36ClN3O4S/c1-3-4-20-35-33(39)31(21-25-10-6-5-7-11-25)37(23-26-14-17-29(34)18-15-26)32(38)24-36(2)42(40,41)30-19-16-27-12-8-9-13-28(27)22-30/h5-19,22,31H,3-4,20-21,23-24H2,1-2H3,(H,35,39). The maximum atomic E-state index is 14.0. The SMILES string of the molecule is CCCCNC(=O)C(Cc1ccccc1)N(Cc1ccc(Cl)cc1)C(=O)CN(C)S(=O)(=O)c1ccc2ccccc2c1. The number of nitrogens with one attached hydrogen (secondary N) is 1. The van der Waals surface area contributed by atoms with Gasteiger partial charge in [-0.3, -0.25) is 9.59 Å². The molecule has 0 bridgehead atoms. The summed E-state index contributed by atoms with van der Waals surface area (Å²) in [6, 6.07) is 28.1. The van der Waals surface area contributed by atoms with Gasteiger partial charge in [0.1, 0.15) is 6.04 Å². The Kier molecular flexibility index (Phi) is 10.7. The topological polar surface area (TPSA) is 86.8 Å². The number of sulfonamides is 1. The summed E-state index contributed by atoms with van der Waals surface area (Å²) in [4.78, 5) is 29.2. The summed E-state index contributed by atoms with van der Waals surface area (Å²) in [5.74, 6) is -0.766. The van der Waals surface area contributed by atoms with Gasteiger partial charge in [0.15, 0.2) is 0 Å². The van der Waals surface area contributed by atoms with E-state index in [1.165, 1.54) is 11.9 Å². The van der Waals surface area contributed by atoms with Gasteiger partial charge in [0.2, 0.25) is 21.8 Å². The zero-order valence-electron chi connectivity index (χ0n) is 23.9. The number of carbonyl (C=O) groups excluding carboxylic acids is 2. The fourth-order valence-electron chi connectivity index (χ4n) is 4.72. The van der Waals surface area contributed by atoms with E-state index in [-0.39, 0.29) is 23.8 Å². The van der Waals surface area contributed by atoms with Crippen LogP contribution >= 0.6 is 11.6 Å². The molecule has 4 aromatic rings. The Bertz CT molecular complexity index is 1610. The highest BCUT2D eigenvalue weighted by Crippen LogP contribution is 2.22. The smallest absolute Gasteiger partial charge is 0.243 e. The van der Waals surface area contributed by atoms with Crippen LogP contribution in [-0.2, 0) is 32.6 Å². The summed E-state index contributed by atoms with van der Waals surface area (Å²) >= 11 is 6.10. The van der Waals surface area contributed by atoms with Crippen LogP contribution in [0.15, 0.2) is 102 Å². The lowest BCUT2D eigenvalue weighted by molar-refractivity contribution is -0.141. The van der Waals surface area contributed by atoms with E-state index >= 15 is 0 Å². The number of hydrogen-bond donors (Lipinski definition) is 1. The minimum Gasteiger partial charge on any atom is -0.354 e. The fourth-order valence-corrected chi connectivity index (χ4v) is 6.00. The number of amides is 2. The molecular weight excluding hydrogens is 570 g/mol. The van der Waals surface area contributed by atoms with Gasteiger partial charge in [-0.25, -0.2) is 8.42 Å². The van der Waals surface area contributed by atoms with Gasteiger partial charge in [-0.15, -0.1) is 0 Å². The van der Waals surface area contributed by atoms with E-state index in [2.05, 4.69) is 5.32 Å². The lowest BCUT2D eigenvalue weighted by atomic mass is 10.0. The van der Waals surface area contributed by atoms with Crippen LogP contribution in [0.4, 0.5) is 0 Å². The second-order valence-electron chi connectivity index (χ2n) is 10.3. The molecule has 0 saturated heterocycles. The zero-order valence-corrected chi connectivity index (χ0v) is 25.4.